The minimum Gasteiger partial charge on any atom is -0.352 e. The number of benzene rings is 1. The molecule has 2 amide bonds. The van der Waals surface area contributed by atoms with Crippen LogP contribution in [0.4, 0.5) is 0 Å². The van der Waals surface area contributed by atoms with Crippen LogP contribution in [0, 0.1) is 5.92 Å². The Kier molecular flexibility index (Phi) is 11.3. The molecular formula is C24H38IN5O2. The fraction of sp³-hybridized carbons (Fsp3) is 0.625. The highest BCUT2D eigenvalue weighted by Crippen LogP contribution is 2.27. The van der Waals surface area contributed by atoms with Gasteiger partial charge in [0, 0.05) is 50.7 Å². The standard InChI is InChI=1S/C24H37N5O2.HI/c1-3-4-14-26-22(30)19-11-9-18(10-12-19)16-27-24(25-2)28-21-13-15-29(17-21)23(31)20-7-5-6-8-20;/h9-12,20-21H,3-8,13-17H2,1-2H3,(H,26,30)(H2,25,27,28);1H. The van der Waals surface area contributed by atoms with Crippen molar-refractivity contribution in [3.63, 3.8) is 0 Å². The van der Waals surface area contributed by atoms with Gasteiger partial charge in [0.2, 0.25) is 5.91 Å². The average molecular weight is 556 g/mol. The average Bonchev–Trinajstić information content (AvgIpc) is 3.49. The van der Waals surface area contributed by atoms with Crippen LogP contribution in [0.25, 0.3) is 0 Å². The lowest BCUT2D eigenvalue weighted by atomic mass is 10.1. The van der Waals surface area contributed by atoms with Gasteiger partial charge in [-0.15, -0.1) is 24.0 Å². The number of aliphatic imine (C=N–C) groups is 1. The summed E-state index contributed by atoms with van der Waals surface area (Å²) in [6, 6.07) is 7.88. The first kappa shape index (κ1) is 26.4. The van der Waals surface area contributed by atoms with E-state index < -0.39 is 0 Å². The predicted molar refractivity (Wildman–Crippen MR) is 139 cm³/mol. The van der Waals surface area contributed by atoms with Crippen LogP contribution < -0.4 is 16.0 Å². The van der Waals surface area contributed by atoms with Gasteiger partial charge in [0.15, 0.2) is 5.96 Å². The smallest absolute Gasteiger partial charge is 0.251 e. The minimum absolute atomic E-state index is 0. The molecular weight excluding hydrogens is 517 g/mol. The van der Waals surface area contributed by atoms with E-state index >= 15 is 0 Å². The SMILES string of the molecule is CCCCNC(=O)c1ccc(CNC(=NC)NC2CCN(C(=O)C3CCCC3)C2)cc1.I. The van der Waals surface area contributed by atoms with Gasteiger partial charge >= 0.3 is 0 Å². The maximum absolute atomic E-state index is 12.6. The van der Waals surface area contributed by atoms with Crippen molar-refractivity contribution in [1.29, 1.82) is 0 Å². The Bertz CT molecular complexity index is 762. The number of hydrogen-bond acceptors (Lipinski definition) is 3. The molecule has 2 aliphatic rings. The van der Waals surface area contributed by atoms with Crippen LogP contribution in [0.1, 0.15) is 67.8 Å². The van der Waals surface area contributed by atoms with Crippen molar-refractivity contribution in [1.82, 2.24) is 20.9 Å². The molecule has 1 unspecified atom stereocenters. The van der Waals surface area contributed by atoms with E-state index in [1.165, 1.54) is 12.8 Å². The molecule has 1 heterocycles. The number of guanidine groups is 1. The molecule has 0 aromatic heterocycles. The number of halogens is 1. The number of rotatable bonds is 8. The molecule has 0 radical (unpaired) electrons. The fourth-order valence-corrected chi connectivity index (χ4v) is 4.34. The second kappa shape index (κ2) is 13.6. The molecule has 1 aliphatic carbocycles. The number of carbonyl (C=O) groups excluding carboxylic acids is 2. The maximum Gasteiger partial charge on any atom is 0.251 e. The van der Waals surface area contributed by atoms with Crippen molar-refractivity contribution >= 4 is 41.8 Å². The number of unbranched alkanes of at least 4 members (excludes halogenated alkanes) is 1. The molecule has 0 bridgehead atoms. The van der Waals surface area contributed by atoms with Crippen molar-refractivity contribution in [2.45, 2.75) is 64.5 Å². The van der Waals surface area contributed by atoms with E-state index in [0.29, 0.717) is 24.6 Å². The first-order valence-electron chi connectivity index (χ1n) is 11.7. The van der Waals surface area contributed by atoms with Gasteiger partial charge in [0.25, 0.3) is 5.91 Å². The Morgan fingerprint density at radius 2 is 1.81 bits per heavy atom. The Morgan fingerprint density at radius 1 is 1.09 bits per heavy atom. The number of carbonyl (C=O) groups is 2. The monoisotopic (exact) mass is 555 g/mol. The van der Waals surface area contributed by atoms with Crippen molar-refractivity contribution in [3.05, 3.63) is 35.4 Å². The van der Waals surface area contributed by atoms with Crippen LogP contribution in [0.5, 0.6) is 0 Å². The molecule has 1 atom stereocenters. The summed E-state index contributed by atoms with van der Waals surface area (Å²) < 4.78 is 0. The number of likely N-dealkylation sites (tertiary alicyclic amines) is 1. The number of nitrogens with zero attached hydrogens (tertiary/aromatic N) is 2. The highest BCUT2D eigenvalue weighted by Gasteiger charge is 2.32. The largest absolute Gasteiger partial charge is 0.352 e. The van der Waals surface area contributed by atoms with Crippen molar-refractivity contribution < 1.29 is 9.59 Å². The van der Waals surface area contributed by atoms with Crippen LogP contribution in [0.15, 0.2) is 29.3 Å². The normalized spacial score (nSPS) is 18.9. The second-order valence-electron chi connectivity index (χ2n) is 8.63. The van der Waals surface area contributed by atoms with Gasteiger partial charge in [0.05, 0.1) is 0 Å². The number of nitrogens with one attached hydrogen (secondary N) is 3. The summed E-state index contributed by atoms with van der Waals surface area (Å²) in [5, 5.41) is 9.72. The summed E-state index contributed by atoms with van der Waals surface area (Å²) in [5.41, 5.74) is 1.76. The van der Waals surface area contributed by atoms with Gasteiger partial charge in [-0.25, -0.2) is 0 Å². The Hall–Kier alpha value is -1.84. The molecule has 1 aliphatic heterocycles. The molecule has 2 fully saturated rings. The van der Waals surface area contributed by atoms with Crippen LogP contribution in [-0.2, 0) is 11.3 Å². The summed E-state index contributed by atoms with van der Waals surface area (Å²) in [7, 11) is 1.76. The van der Waals surface area contributed by atoms with Crippen LogP contribution in [-0.4, -0.2) is 55.4 Å². The number of hydrogen-bond donors (Lipinski definition) is 3. The van der Waals surface area contributed by atoms with Gasteiger partial charge in [-0.3, -0.25) is 14.6 Å². The molecule has 1 saturated carbocycles. The van der Waals surface area contributed by atoms with E-state index in [0.717, 1.165) is 56.7 Å². The highest BCUT2D eigenvalue weighted by molar-refractivity contribution is 14.0. The lowest BCUT2D eigenvalue weighted by Crippen LogP contribution is -2.45. The zero-order valence-corrected chi connectivity index (χ0v) is 21.7. The summed E-state index contributed by atoms with van der Waals surface area (Å²) in [5.74, 6) is 1.29. The summed E-state index contributed by atoms with van der Waals surface area (Å²) in [6.45, 7) is 5.01. The van der Waals surface area contributed by atoms with Crippen LogP contribution in [0.3, 0.4) is 0 Å². The van der Waals surface area contributed by atoms with E-state index in [4.69, 9.17) is 0 Å². The lowest BCUT2D eigenvalue weighted by molar-refractivity contribution is -0.134. The minimum atomic E-state index is -0.0247. The van der Waals surface area contributed by atoms with Crippen LogP contribution in [0.2, 0.25) is 0 Å². The second-order valence-corrected chi connectivity index (χ2v) is 8.63. The fourth-order valence-electron chi connectivity index (χ4n) is 4.34. The predicted octanol–water partition coefficient (Wildman–Crippen LogP) is 3.29. The first-order chi connectivity index (χ1) is 15.1. The third-order valence-electron chi connectivity index (χ3n) is 6.26. The third-order valence-corrected chi connectivity index (χ3v) is 6.26. The summed E-state index contributed by atoms with van der Waals surface area (Å²) in [4.78, 5) is 31.1. The van der Waals surface area contributed by atoms with Gasteiger partial charge in [-0.1, -0.05) is 38.3 Å². The lowest BCUT2D eigenvalue weighted by Gasteiger charge is -2.21. The summed E-state index contributed by atoms with van der Waals surface area (Å²) in [6.07, 6.45) is 7.48. The first-order valence-corrected chi connectivity index (χ1v) is 11.7. The Morgan fingerprint density at radius 3 is 2.47 bits per heavy atom. The Balaban J connectivity index is 0.00000363. The molecule has 1 aromatic rings. The third kappa shape index (κ3) is 7.64. The molecule has 32 heavy (non-hydrogen) atoms. The topological polar surface area (TPSA) is 85.8 Å². The molecule has 7 nitrogen and oxygen atoms in total. The highest BCUT2D eigenvalue weighted by atomic mass is 127. The van der Waals surface area contributed by atoms with Gasteiger partial charge in [0.1, 0.15) is 0 Å². The molecule has 1 saturated heterocycles. The molecule has 0 spiro atoms. The van der Waals surface area contributed by atoms with Crippen molar-refractivity contribution in [3.8, 4) is 0 Å². The van der Waals surface area contributed by atoms with E-state index in [9.17, 15) is 9.59 Å². The van der Waals surface area contributed by atoms with Crippen molar-refractivity contribution in [2.24, 2.45) is 10.9 Å². The zero-order valence-electron chi connectivity index (χ0n) is 19.4. The Labute approximate surface area is 209 Å². The zero-order chi connectivity index (χ0) is 22.1. The quantitative estimate of drug-likeness (QED) is 0.199. The molecule has 3 rings (SSSR count). The van der Waals surface area contributed by atoms with Gasteiger partial charge in [-0.2, -0.15) is 0 Å². The van der Waals surface area contributed by atoms with Crippen LogP contribution >= 0.6 is 24.0 Å². The maximum atomic E-state index is 12.6. The molecule has 8 heteroatoms. The molecule has 1 aromatic carbocycles. The van der Waals surface area contributed by atoms with E-state index in [-0.39, 0.29) is 41.8 Å². The van der Waals surface area contributed by atoms with E-state index in [1.807, 2.05) is 29.2 Å². The van der Waals surface area contributed by atoms with Crippen molar-refractivity contribution in [2.75, 3.05) is 26.7 Å². The van der Waals surface area contributed by atoms with Gasteiger partial charge in [-0.05, 0) is 43.4 Å². The van der Waals surface area contributed by atoms with E-state index in [1.54, 1.807) is 7.05 Å². The summed E-state index contributed by atoms with van der Waals surface area (Å²) >= 11 is 0. The van der Waals surface area contributed by atoms with Gasteiger partial charge < -0.3 is 20.9 Å². The number of amides is 2. The molecule has 178 valence electrons. The molecule has 3 N–H and O–H groups in total. The van der Waals surface area contributed by atoms with E-state index in [2.05, 4.69) is 27.9 Å².